The summed E-state index contributed by atoms with van der Waals surface area (Å²) in [5.41, 5.74) is 4.78. The third kappa shape index (κ3) is 1.76. The van der Waals surface area contributed by atoms with Crippen molar-refractivity contribution in [1.82, 2.24) is 4.90 Å². The van der Waals surface area contributed by atoms with Crippen molar-refractivity contribution in [1.29, 1.82) is 0 Å². The summed E-state index contributed by atoms with van der Waals surface area (Å²) in [4.78, 5) is 19.2. The molecular weight excluding hydrogens is 310 g/mol. The van der Waals surface area contributed by atoms with E-state index in [2.05, 4.69) is 4.99 Å². The van der Waals surface area contributed by atoms with Crippen LogP contribution in [0.5, 0.6) is 11.5 Å². The molecular formula is C17H21N3O4. The molecule has 7 heteroatoms. The summed E-state index contributed by atoms with van der Waals surface area (Å²) in [6, 6.07) is 5.43. The van der Waals surface area contributed by atoms with Crippen LogP contribution in [-0.2, 0) is 15.1 Å². The smallest absolute Gasteiger partial charge is 0.264 e. The Balaban J connectivity index is 2.00. The number of guanidine groups is 1. The van der Waals surface area contributed by atoms with Crippen LogP contribution in [0.1, 0.15) is 25.3 Å². The molecule has 0 aromatic heterocycles. The summed E-state index contributed by atoms with van der Waals surface area (Å²) in [6.07, 6.45) is 1.13. The van der Waals surface area contributed by atoms with Crippen molar-refractivity contribution in [2.45, 2.75) is 37.0 Å². The Morgan fingerprint density at radius 1 is 1.46 bits per heavy atom. The van der Waals surface area contributed by atoms with Gasteiger partial charge in [-0.3, -0.25) is 9.69 Å². The third-order valence-corrected chi connectivity index (χ3v) is 5.24. The largest absolute Gasteiger partial charge is 0.497 e. The van der Waals surface area contributed by atoms with Crippen LogP contribution in [0.15, 0.2) is 23.2 Å². The Labute approximate surface area is 140 Å². The number of fused-ring (bicyclic) bond motifs is 4. The summed E-state index contributed by atoms with van der Waals surface area (Å²) < 4.78 is 17.6. The minimum atomic E-state index is -1.23. The number of methoxy groups -OCH3 is 1. The van der Waals surface area contributed by atoms with E-state index >= 15 is 0 Å². The van der Waals surface area contributed by atoms with Crippen molar-refractivity contribution >= 4 is 11.9 Å². The summed E-state index contributed by atoms with van der Waals surface area (Å²) in [5, 5.41) is 0. The standard InChI is InChI=1S/C17H21N3O4/c1-16-7-4-8-23-13(16)17(14(21)20(2)15(18)19-17)11-9-10(22-3)5-6-12(11)24-16/h5-6,9,13H,4,7-8H2,1-3H3,(H2,18,19)/t13-,16-,17+/m1/s1. The third-order valence-electron chi connectivity index (χ3n) is 5.24. The van der Waals surface area contributed by atoms with Crippen LogP contribution in [0.4, 0.5) is 0 Å². The molecule has 0 saturated carbocycles. The molecule has 3 heterocycles. The Morgan fingerprint density at radius 2 is 2.25 bits per heavy atom. The first-order chi connectivity index (χ1) is 11.4. The predicted molar refractivity (Wildman–Crippen MR) is 87.1 cm³/mol. The second kappa shape index (κ2) is 4.86. The van der Waals surface area contributed by atoms with Crippen LogP contribution in [0.2, 0.25) is 0 Å². The maximum Gasteiger partial charge on any atom is 0.264 e. The number of rotatable bonds is 1. The summed E-state index contributed by atoms with van der Waals surface area (Å²) >= 11 is 0. The molecule has 3 aliphatic heterocycles. The van der Waals surface area contributed by atoms with Gasteiger partial charge in [-0.25, -0.2) is 4.99 Å². The molecule has 1 saturated heterocycles. The molecule has 1 spiro atoms. The van der Waals surface area contributed by atoms with Gasteiger partial charge in [0.1, 0.15) is 23.2 Å². The maximum absolute atomic E-state index is 13.2. The molecule has 0 radical (unpaired) electrons. The first kappa shape index (κ1) is 15.3. The van der Waals surface area contributed by atoms with Crippen molar-refractivity contribution in [3.8, 4) is 11.5 Å². The average Bonchev–Trinajstić information content (AvgIpc) is 2.79. The van der Waals surface area contributed by atoms with Crippen LogP contribution in [0.25, 0.3) is 0 Å². The van der Waals surface area contributed by atoms with Gasteiger partial charge in [0.05, 0.1) is 7.11 Å². The highest BCUT2D eigenvalue weighted by Gasteiger charge is 2.65. The van der Waals surface area contributed by atoms with Gasteiger partial charge in [-0.2, -0.15) is 0 Å². The molecule has 24 heavy (non-hydrogen) atoms. The van der Waals surface area contributed by atoms with Gasteiger partial charge in [0.25, 0.3) is 5.91 Å². The van der Waals surface area contributed by atoms with E-state index in [1.165, 1.54) is 4.90 Å². The number of likely N-dealkylation sites (N-methyl/N-ethyl adjacent to an activating group) is 1. The van der Waals surface area contributed by atoms with E-state index in [0.717, 1.165) is 12.8 Å². The zero-order valence-corrected chi connectivity index (χ0v) is 14.0. The van der Waals surface area contributed by atoms with Crippen LogP contribution < -0.4 is 15.2 Å². The van der Waals surface area contributed by atoms with E-state index in [9.17, 15) is 4.79 Å². The van der Waals surface area contributed by atoms with Crippen molar-refractivity contribution in [3.63, 3.8) is 0 Å². The van der Waals surface area contributed by atoms with Crippen LogP contribution in [0, 0.1) is 0 Å². The lowest BCUT2D eigenvalue weighted by Gasteiger charge is -2.51. The quantitative estimate of drug-likeness (QED) is 0.830. The SMILES string of the molecule is COc1ccc2c(c1)[C@]1(N=C(N)N(C)C1=O)[C@@H]1OCCC[C@@]1(C)O2. The predicted octanol–water partition coefficient (Wildman–Crippen LogP) is 1.01. The van der Waals surface area contributed by atoms with E-state index < -0.39 is 17.2 Å². The Bertz CT molecular complexity index is 749. The molecule has 128 valence electrons. The first-order valence-corrected chi connectivity index (χ1v) is 8.05. The lowest BCUT2D eigenvalue weighted by atomic mass is 9.71. The molecule has 3 atom stereocenters. The highest BCUT2D eigenvalue weighted by Crippen LogP contribution is 2.53. The number of aliphatic imine (C=N–C) groups is 1. The van der Waals surface area contributed by atoms with Crippen LogP contribution in [-0.4, -0.2) is 49.2 Å². The van der Waals surface area contributed by atoms with E-state index in [-0.39, 0.29) is 11.9 Å². The number of carbonyl (C=O) groups is 1. The van der Waals surface area contributed by atoms with Gasteiger partial charge in [0.15, 0.2) is 5.96 Å². The fraction of sp³-hybridized carbons (Fsp3) is 0.529. The molecule has 1 aromatic rings. The Kier molecular flexibility index (Phi) is 3.09. The van der Waals surface area contributed by atoms with Gasteiger partial charge in [-0.05, 0) is 38.0 Å². The number of benzene rings is 1. The molecule has 1 amide bonds. The lowest BCUT2D eigenvalue weighted by molar-refractivity contribution is -0.175. The number of hydrogen-bond acceptors (Lipinski definition) is 6. The highest BCUT2D eigenvalue weighted by atomic mass is 16.6. The van der Waals surface area contributed by atoms with Crippen molar-refractivity contribution in [3.05, 3.63) is 23.8 Å². The van der Waals surface area contributed by atoms with E-state index in [1.807, 2.05) is 19.1 Å². The minimum Gasteiger partial charge on any atom is -0.497 e. The molecule has 0 aliphatic carbocycles. The zero-order chi connectivity index (χ0) is 17.1. The molecule has 4 rings (SSSR count). The van der Waals surface area contributed by atoms with Crippen molar-refractivity contribution in [2.24, 2.45) is 10.7 Å². The minimum absolute atomic E-state index is 0.187. The first-order valence-electron chi connectivity index (χ1n) is 8.05. The van der Waals surface area contributed by atoms with Gasteiger partial charge in [0.2, 0.25) is 5.54 Å². The van der Waals surface area contributed by atoms with Gasteiger partial charge < -0.3 is 19.9 Å². The number of nitrogens with zero attached hydrogens (tertiary/aromatic N) is 2. The summed E-state index contributed by atoms with van der Waals surface area (Å²) in [6.45, 7) is 2.54. The fourth-order valence-corrected chi connectivity index (χ4v) is 4.02. The number of hydrogen-bond donors (Lipinski definition) is 1. The van der Waals surface area contributed by atoms with Gasteiger partial charge in [-0.1, -0.05) is 0 Å². The monoisotopic (exact) mass is 331 g/mol. The van der Waals surface area contributed by atoms with Gasteiger partial charge in [0, 0.05) is 19.2 Å². The molecule has 3 aliphatic rings. The second-order valence-corrected chi connectivity index (χ2v) is 6.73. The zero-order valence-electron chi connectivity index (χ0n) is 14.0. The van der Waals surface area contributed by atoms with Gasteiger partial charge >= 0.3 is 0 Å². The molecule has 7 nitrogen and oxygen atoms in total. The number of nitrogens with two attached hydrogens (primary N) is 1. The molecule has 2 N–H and O–H groups in total. The molecule has 0 unspecified atom stereocenters. The van der Waals surface area contributed by atoms with E-state index in [0.29, 0.717) is 23.7 Å². The Morgan fingerprint density at radius 3 is 2.92 bits per heavy atom. The highest BCUT2D eigenvalue weighted by molar-refractivity contribution is 6.08. The normalized spacial score (nSPS) is 34.5. The van der Waals surface area contributed by atoms with Crippen molar-refractivity contribution in [2.75, 3.05) is 20.8 Å². The molecule has 1 aromatic carbocycles. The number of carbonyl (C=O) groups excluding carboxylic acids is 1. The van der Waals surface area contributed by atoms with Crippen molar-refractivity contribution < 1.29 is 19.0 Å². The topological polar surface area (TPSA) is 86.4 Å². The lowest BCUT2D eigenvalue weighted by Crippen LogP contribution is -2.64. The molecule has 1 fully saturated rings. The fourth-order valence-electron chi connectivity index (χ4n) is 4.02. The van der Waals surface area contributed by atoms with E-state index in [1.54, 1.807) is 20.2 Å². The van der Waals surface area contributed by atoms with Crippen LogP contribution in [0.3, 0.4) is 0 Å². The Hall–Kier alpha value is -2.28. The summed E-state index contributed by atoms with van der Waals surface area (Å²) in [7, 11) is 3.21. The maximum atomic E-state index is 13.2. The molecule has 0 bridgehead atoms. The number of amides is 1. The second-order valence-electron chi connectivity index (χ2n) is 6.73. The van der Waals surface area contributed by atoms with Gasteiger partial charge in [-0.15, -0.1) is 0 Å². The van der Waals surface area contributed by atoms with E-state index in [4.69, 9.17) is 19.9 Å². The average molecular weight is 331 g/mol. The summed E-state index contributed by atoms with van der Waals surface area (Å²) in [5.74, 6) is 1.25. The van der Waals surface area contributed by atoms with Crippen LogP contribution >= 0.6 is 0 Å². The number of ether oxygens (including phenoxy) is 3.